The number of benzene rings is 23. The van der Waals surface area contributed by atoms with Gasteiger partial charge in [-0.05, 0) is 235 Å². The van der Waals surface area contributed by atoms with E-state index in [4.69, 9.17) is 15.0 Å². The van der Waals surface area contributed by atoms with Gasteiger partial charge in [-0.15, -0.1) is 34.0 Å². The molecule has 6 heteroatoms. The Morgan fingerprint density at radius 2 is 0.381 bits per heavy atom. The zero-order valence-electron chi connectivity index (χ0n) is 75.0. The van der Waals surface area contributed by atoms with Gasteiger partial charge in [0.25, 0.3) is 0 Å². The average molecular weight is 1810 g/mol. The van der Waals surface area contributed by atoms with Crippen LogP contribution in [-0.2, 0) is 0 Å². The van der Waals surface area contributed by atoms with Crippen LogP contribution in [0.5, 0.6) is 0 Å². The van der Waals surface area contributed by atoms with E-state index in [1.54, 1.807) is 0 Å². The summed E-state index contributed by atoms with van der Waals surface area (Å²) < 4.78 is 7.08. The Balaban J connectivity index is 0.561. The second-order valence-electron chi connectivity index (χ2n) is 36.8. The predicted octanol–water partition coefficient (Wildman–Crippen LogP) is 38.5. The van der Waals surface area contributed by atoms with Crippen molar-refractivity contribution in [1.82, 2.24) is 15.0 Å². The number of hydrogen-bond acceptors (Lipinski definition) is 6. The van der Waals surface area contributed by atoms with Crippen molar-refractivity contribution in [2.75, 3.05) is 0 Å². The highest BCUT2D eigenvalue weighted by Crippen LogP contribution is 2.54. The first kappa shape index (κ1) is 79.2. The van der Waals surface area contributed by atoms with Gasteiger partial charge < -0.3 is 0 Å². The van der Waals surface area contributed by atoms with Crippen molar-refractivity contribution < 1.29 is 0 Å². The third-order valence-electron chi connectivity index (χ3n) is 29.2. The number of para-hydroxylation sites is 1. The summed E-state index contributed by atoms with van der Waals surface area (Å²) in [7, 11) is 0. The molecule has 6 aromatic heterocycles. The van der Waals surface area contributed by atoms with E-state index in [-0.39, 0.29) is 0 Å². The normalized spacial score (nSPS) is 12.0. The Morgan fingerprint density at radius 3 is 0.799 bits per heavy atom. The van der Waals surface area contributed by atoms with Crippen LogP contribution in [0, 0.1) is 0 Å². The summed E-state index contributed by atoms with van der Waals surface area (Å²) in [5.41, 5.74) is 34.4. The molecule has 0 radical (unpaired) electrons. The molecule has 23 aromatic carbocycles. The molecule has 0 aliphatic rings. The van der Waals surface area contributed by atoms with Crippen LogP contribution < -0.4 is 0 Å². The van der Waals surface area contributed by atoms with E-state index in [1.807, 2.05) is 34.0 Å². The molecule has 139 heavy (non-hydrogen) atoms. The third-order valence-corrected chi connectivity index (χ3v) is 32.7. The van der Waals surface area contributed by atoms with Gasteiger partial charge in [-0.3, -0.25) is 0 Å². The summed E-state index contributed by atoms with van der Waals surface area (Å²) in [4.78, 5) is 17.1. The summed E-state index contributed by atoms with van der Waals surface area (Å²) in [5, 5.41) is 24.1. The lowest BCUT2D eigenvalue weighted by Gasteiger charge is -2.19. The maximum atomic E-state index is 5.87. The Morgan fingerprint density at radius 1 is 0.129 bits per heavy atom. The van der Waals surface area contributed by atoms with Crippen LogP contribution in [-0.4, -0.2) is 15.0 Å². The average Bonchev–Trinajstić information content (AvgIpc) is 1.52. The number of aromatic nitrogens is 3. The Kier molecular flexibility index (Phi) is 18.1. The number of pyridine rings is 3. The minimum atomic E-state index is 0.938. The monoisotopic (exact) mass is 1810 g/mol. The summed E-state index contributed by atoms with van der Waals surface area (Å²) >= 11 is 5.51. The molecule has 0 N–H and O–H groups in total. The Labute approximate surface area is 812 Å². The van der Waals surface area contributed by atoms with Gasteiger partial charge in [0.05, 0.1) is 47.2 Å². The number of nitrogens with zero attached hydrogens (tertiary/aromatic N) is 3. The molecule has 0 saturated carbocycles. The number of thiophene rings is 3. The molecule has 0 aliphatic heterocycles. The van der Waals surface area contributed by atoms with Crippen LogP contribution in [0.4, 0.5) is 0 Å². The molecule has 0 amide bonds. The Bertz CT molecular complexity index is 10100. The fourth-order valence-corrected chi connectivity index (χ4v) is 26.7. The Hall–Kier alpha value is -17.2. The summed E-state index contributed by atoms with van der Waals surface area (Å²) in [5.74, 6) is 0. The lowest BCUT2D eigenvalue weighted by atomic mass is 9.84. The largest absolute Gasteiger partial charge is 0.246 e. The molecule has 0 bridgehead atoms. The van der Waals surface area contributed by atoms with Gasteiger partial charge in [0.15, 0.2) is 0 Å². The van der Waals surface area contributed by atoms with Crippen LogP contribution in [0.25, 0.3) is 303 Å². The standard InChI is InChI=1S/C133H77N3S3/c1-4-28-80(29-5-1)119-95-36-12-14-38-97(95)121(98-39-15-13-37-96(98)119)83-55-59-86(60-56-83)125-107-69-64-89(74-114(107)135-128-109-47-23-25-50-116(109)137-131(125)128)92-67-72-111-118(77-92)139-133-126(87-61-57-84(58-62-87)122-101-42-18-20-44-103(101)127(104-45-21-19-43-102(104)122)94-48-26-34-79-27-10-11-35-93(79)94)108-70-65-90(75-115(108)136-130(111)133)91-66-71-110-117(76-91)138-132-124(106-46-22-24-49-113(106)134-129(110)132)85-53-51-78(52-54-85)88-63-68-105-112(73-88)123(82-32-8-3-9-33-82)100-41-17-16-40-99(100)120(105)81-30-6-2-7-31-81/h1-77H. The topological polar surface area (TPSA) is 38.7 Å². The van der Waals surface area contributed by atoms with Gasteiger partial charge in [0, 0.05) is 63.1 Å². The molecule has 3 nitrogen and oxygen atoms in total. The van der Waals surface area contributed by atoms with Gasteiger partial charge >= 0.3 is 0 Å². The molecule has 6 heterocycles. The molecule has 0 saturated heterocycles. The lowest BCUT2D eigenvalue weighted by Crippen LogP contribution is -1.92. The van der Waals surface area contributed by atoms with Crippen molar-refractivity contribution in [2.45, 2.75) is 0 Å². The molecule has 0 atom stereocenters. The van der Waals surface area contributed by atoms with Crippen molar-refractivity contribution in [3.63, 3.8) is 0 Å². The first-order valence-corrected chi connectivity index (χ1v) is 50.0. The molecule has 0 fully saturated rings. The molecular weight excluding hydrogens is 1740 g/mol. The van der Waals surface area contributed by atoms with Crippen LogP contribution in [0.15, 0.2) is 467 Å². The van der Waals surface area contributed by atoms with E-state index in [0.717, 1.165) is 115 Å². The fourth-order valence-electron chi connectivity index (χ4n) is 23.0. The molecule has 0 aliphatic carbocycles. The van der Waals surface area contributed by atoms with Crippen LogP contribution in [0.2, 0.25) is 0 Å². The van der Waals surface area contributed by atoms with Gasteiger partial charge in [0.1, 0.15) is 0 Å². The highest BCUT2D eigenvalue weighted by atomic mass is 32.1. The minimum Gasteiger partial charge on any atom is -0.246 e. The maximum absolute atomic E-state index is 5.87. The van der Waals surface area contributed by atoms with E-state index < -0.39 is 0 Å². The zero-order valence-corrected chi connectivity index (χ0v) is 77.5. The number of fused-ring (bicyclic) bond motifs is 19. The smallest absolute Gasteiger partial charge is 0.0902 e. The van der Waals surface area contributed by atoms with Gasteiger partial charge in [-0.25, -0.2) is 15.0 Å². The molecule has 0 unspecified atom stereocenters. The van der Waals surface area contributed by atoms with Gasteiger partial charge in [-0.2, -0.15) is 0 Å². The SMILES string of the molecule is c1ccc(-c2c3ccccc3c(-c3ccc(-c4c5ccc(-c6ccc7c(c6)sc6c(-c8ccc(-c9c%10ccccc%10c(-c%10cccc%11ccccc%10%11)c%10ccccc9%10)cc8)c8ccc(-c9ccc%10c(c9)sc9c(-c%11ccc(-c%12ccc%13c(-c%14ccccc%14)c%14ccccc%14c(-c%14ccccc%14)c%13c%12)cc%11)c%11ccccc%11nc9%10)cc8nc67)cc5nc5c4sc4ccccc45)cc3)c3ccccc23)cc1. The van der Waals surface area contributed by atoms with Crippen molar-refractivity contribution >= 4 is 203 Å². The van der Waals surface area contributed by atoms with E-state index in [9.17, 15) is 0 Å². The highest BCUT2D eigenvalue weighted by Gasteiger charge is 2.28. The molecule has 29 aromatic rings. The quantitative estimate of drug-likeness (QED) is 0.114. The number of rotatable bonds is 12. The second-order valence-corrected chi connectivity index (χ2v) is 40.0. The minimum absolute atomic E-state index is 0.938. The summed E-state index contributed by atoms with van der Waals surface area (Å²) in [6, 6.07) is 174. The molecule has 0 spiro atoms. The lowest BCUT2D eigenvalue weighted by molar-refractivity contribution is 1.51. The first-order chi connectivity index (χ1) is 68.9. The predicted molar refractivity (Wildman–Crippen MR) is 599 cm³/mol. The van der Waals surface area contributed by atoms with Crippen molar-refractivity contribution in [2.24, 2.45) is 0 Å². The van der Waals surface area contributed by atoms with E-state index in [2.05, 4.69) is 467 Å². The van der Waals surface area contributed by atoms with Crippen LogP contribution in [0.1, 0.15) is 0 Å². The van der Waals surface area contributed by atoms with E-state index in [0.29, 0.717) is 0 Å². The van der Waals surface area contributed by atoms with E-state index in [1.165, 1.54) is 188 Å². The van der Waals surface area contributed by atoms with Gasteiger partial charge in [0.2, 0.25) is 0 Å². The number of hydrogen-bond donors (Lipinski definition) is 0. The van der Waals surface area contributed by atoms with Crippen LogP contribution in [0.3, 0.4) is 0 Å². The van der Waals surface area contributed by atoms with Crippen molar-refractivity contribution in [3.05, 3.63) is 467 Å². The molecular formula is C133H77N3S3. The van der Waals surface area contributed by atoms with Crippen LogP contribution >= 0.6 is 34.0 Å². The van der Waals surface area contributed by atoms with E-state index >= 15 is 0 Å². The summed E-state index contributed by atoms with van der Waals surface area (Å²) in [6.07, 6.45) is 0. The third kappa shape index (κ3) is 12.6. The first-order valence-electron chi connectivity index (χ1n) is 47.6. The summed E-state index contributed by atoms with van der Waals surface area (Å²) in [6.45, 7) is 0. The zero-order chi connectivity index (χ0) is 91.0. The molecule has 29 rings (SSSR count). The second kappa shape index (κ2) is 31.7. The van der Waals surface area contributed by atoms with Crippen molar-refractivity contribution in [1.29, 1.82) is 0 Å². The maximum Gasteiger partial charge on any atom is 0.0902 e. The fraction of sp³-hybridized carbons (Fsp3) is 0. The molecule has 642 valence electrons. The van der Waals surface area contributed by atoms with Crippen molar-refractivity contribution in [3.8, 4) is 134 Å². The van der Waals surface area contributed by atoms with Gasteiger partial charge in [-0.1, -0.05) is 425 Å². The highest BCUT2D eigenvalue weighted by molar-refractivity contribution is 7.27.